The van der Waals surface area contributed by atoms with Crippen molar-refractivity contribution in [2.75, 3.05) is 46.0 Å². The number of nitrogens with one attached hydrogen (secondary N) is 1. The lowest BCUT2D eigenvalue weighted by Gasteiger charge is -2.30. The largest absolute Gasteiger partial charge is 0.872 e. The number of benzene rings is 2. The topological polar surface area (TPSA) is 83.3 Å². The third-order valence-electron chi connectivity index (χ3n) is 6.05. The molecule has 1 N–H and O–H groups in total. The molecule has 2 heterocycles. The number of amides is 1. The van der Waals surface area contributed by atoms with E-state index in [1.54, 1.807) is 41.3 Å². The number of halogens is 1. The maximum absolute atomic E-state index is 13.4. The van der Waals surface area contributed by atoms with Crippen molar-refractivity contribution in [3.63, 3.8) is 0 Å². The number of likely N-dealkylation sites (tertiary alicyclic amines) is 1. The Bertz CT molecular complexity index is 1030. The smallest absolute Gasteiger partial charge is 0.295 e. The van der Waals surface area contributed by atoms with Gasteiger partial charge in [-0.05, 0) is 42.3 Å². The van der Waals surface area contributed by atoms with Gasteiger partial charge in [0.15, 0.2) is 0 Å². The monoisotopic (exact) mass is 514 g/mol. The van der Waals surface area contributed by atoms with Gasteiger partial charge in [0, 0.05) is 10.0 Å². The quantitative estimate of drug-likeness (QED) is 0.338. The van der Waals surface area contributed by atoms with E-state index >= 15 is 0 Å². The molecule has 2 aliphatic rings. The van der Waals surface area contributed by atoms with Crippen LogP contribution in [0.3, 0.4) is 0 Å². The van der Waals surface area contributed by atoms with E-state index < -0.39 is 23.5 Å². The first kappa shape index (κ1) is 23.5. The Morgan fingerprint density at radius 1 is 1.12 bits per heavy atom. The van der Waals surface area contributed by atoms with Gasteiger partial charge in [-0.3, -0.25) is 9.59 Å². The highest BCUT2D eigenvalue weighted by molar-refractivity contribution is 9.10. The van der Waals surface area contributed by atoms with E-state index in [-0.39, 0.29) is 5.57 Å². The van der Waals surface area contributed by atoms with E-state index in [1.807, 2.05) is 19.1 Å². The van der Waals surface area contributed by atoms with Crippen molar-refractivity contribution in [1.29, 1.82) is 0 Å². The summed E-state index contributed by atoms with van der Waals surface area (Å²) in [5, 5.41) is 13.4. The fourth-order valence-corrected chi connectivity index (χ4v) is 4.57. The van der Waals surface area contributed by atoms with Gasteiger partial charge in [0.25, 0.3) is 5.91 Å². The van der Waals surface area contributed by atoms with E-state index in [9.17, 15) is 14.7 Å². The molecule has 0 bridgehead atoms. The van der Waals surface area contributed by atoms with Gasteiger partial charge >= 0.3 is 0 Å². The van der Waals surface area contributed by atoms with Crippen LogP contribution in [0.1, 0.15) is 24.1 Å². The van der Waals surface area contributed by atoms with Gasteiger partial charge in [-0.25, -0.2) is 0 Å². The van der Waals surface area contributed by atoms with Crippen LogP contribution in [-0.4, -0.2) is 62.6 Å². The molecule has 1 unspecified atom stereocenters. The standard InChI is InChI=1S/C25H27BrN2O5/c1-2-33-20-9-5-17(6-10-20)22-21(23(29)18-3-7-19(26)8-4-18)24(30)25(31)28(22)12-11-27-13-15-32-16-14-27/h3-10,22,29H,2,11-16H2,1H3. The zero-order valence-electron chi connectivity index (χ0n) is 18.5. The summed E-state index contributed by atoms with van der Waals surface area (Å²) in [5.41, 5.74) is 1.10. The second kappa shape index (κ2) is 10.5. The summed E-state index contributed by atoms with van der Waals surface area (Å²) in [6.07, 6.45) is 0. The molecule has 0 radical (unpaired) electrons. The maximum atomic E-state index is 13.4. The van der Waals surface area contributed by atoms with E-state index in [0.717, 1.165) is 23.1 Å². The number of carbonyl (C=O) groups excluding carboxylic acids is 2. The molecule has 2 fully saturated rings. The Kier molecular flexibility index (Phi) is 7.47. The molecule has 0 saturated carbocycles. The van der Waals surface area contributed by atoms with Crippen molar-refractivity contribution in [2.24, 2.45) is 0 Å². The van der Waals surface area contributed by atoms with E-state index in [4.69, 9.17) is 9.47 Å². The minimum Gasteiger partial charge on any atom is -0.872 e. The molecular formula is C25H27BrN2O5. The van der Waals surface area contributed by atoms with Crippen molar-refractivity contribution in [2.45, 2.75) is 13.0 Å². The number of Topliss-reactive ketones (excluding diaryl/α,β-unsaturated/α-hetero) is 1. The lowest BCUT2D eigenvalue weighted by Crippen LogP contribution is -3.14. The number of ether oxygens (including phenoxy) is 2. The summed E-state index contributed by atoms with van der Waals surface area (Å²) in [5.74, 6) is -1.07. The van der Waals surface area contributed by atoms with Gasteiger partial charge in [0.1, 0.15) is 18.8 Å². The molecule has 8 heteroatoms. The normalized spacial score (nSPS) is 20.9. The molecule has 2 aromatic rings. The molecule has 33 heavy (non-hydrogen) atoms. The highest BCUT2D eigenvalue weighted by Crippen LogP contribution is 2.39. The molecule has 7 nitrogen and oxygen atoms in total. The van der Waals surface area contributed by atoms with Crippen molar-refractivity contribution in [3.8, 4) is 5.75 Å². The molecule has 2 saturated heterocycles. The average molecular weight is 515 g/mol. The zero-order chi connectivity index (χ0) is 23.4. The number of rotatable bonds is 7. The first-order valence-electron chi connectivity index (χ1n) is 11.2. The minimum absolute atomic E-state index is 0.00320. The summed E-state index contributed by atoms with van der Waals surface area (Å²) >= 11 is 3.36. The lowest BCUT2D eigenvalue weighted by molar-refractivity contribution is -0.907. The van der Waals surface area contributed by atoms with Gasteiger partial charge in [0.05, 0.1) is 39.0 Å². The Labute approximate surface area is 201 Å². The number of hydrogen-bond acceptors (Lipinski definition) is 5. The molecule has 0 spiro atoms. The van der Waals surface area contributed by atoms with Crippen LogP contribution in [0.5, 0.6) is 5.75 Å². The van der Waals surface area contributed by atoms with Gasteiger partial charge in [-0.1, -0.05) is 46.0 Å². The minimum atomic E-state index is -0.725. The van der Waals surface area contributed by atoms with Crippen molar-refractivity contribution in [1.82, 2.24) is 4.90 Å². The molecule has 174 valence electrons. The Balaban J connectivity index is 1.71. The number of morpholine rings is 1. The lowest BCUT2D eigenvalue weighted by atomic mass is 9.95. The van der Waals surface area contributed by atoms with Crippen LogP contribution < -0.4 is 14.7 Å². The highest BCUT2D eigenvalue weighted by atomic mass is 79.9. The van der Waals surface area contributed by atoms with Crippen LogP contribution in [0.4, 0.5) is 0 Å². The number of ketones is 1. The summed E-state index contributed by atoms with van der Waals surface area (Å²) in [7, 11) is 0. The summed E-state index contributed by atoms with van der Waals surface area (Å²) in [6, 6.07) is 13.4. The van der Waals surface area contributed by atoms with Crippen LogP contribution >= 0.6 is 15.9 Å². The van der Waals surface area contributed by atoms with Crippen molar-refractivity contribution in [3.05, 3.63) is 69.7 Å². The maximum Gasteiger partial charge on any atom is 0.295 e. The predicted molar refractivity (Wildman–Crippen MR) is 125 cm³/mol. The van der Waals surface area contributed by atoms with Crippen molar-refractivity contribution >= 4 is 33.4 Å². The van der Waals surface area contributed by atoms with E-state index in [1.165, 1.54) is 4.90 Å². The fourth-order valence-electron chi connectivity index (χ4n) is 4.31. The molecule has 4 rings (SSSR count). The fraction of sp³-hybridized carbons (Fsp3) is 0.360. The number of hydrogen-bond donors (Lipinski definition) is 1. The zero-order valence-corrected chi connectivity index (χ0v) is 20.1. The Morgan fingerprint density at radius 3 is 2.42 bits per heavy atom. The SMILES string of the molecule is CCOc1ccc(C2C(=C([O-])c3ccc(Br)cc3)C(=O)C(=O)N2CC[NH+]2CCOCC2)cc1. The predicted octanol–water partition coefficient (Wildman–Crippen LogP) is 0.987. The van der Waals surface area contributed by atoms with Gasteiger partial charge in [-0.2, -0.15) is 0 Å². The summed E-state index contributed by atoms with van der Waals surface area (Å²) < 4.78 is 11.8. The first-order valence-corrected chi connectivity index (χ1v) is 12.0. The second-order valence-corrected chi connectivity index (χ2v) is 9.01. The van der Waals surface area contributed by atoms with Gasteiger partial charge < -0.3 is 24.4 Å². The second-order valence-electron chi connectivity index (χ2n) is 8.09. The number of quaternary nitrogens is 1. The van der Waals surface area contributed by atoms with Crippen LogP contribution in [0.15, 0.2) is 58.6 Å². The molecule has 0 aromatic heterocycles. The van der Waals surface area contributed by atoms with E-state index in [2.05, 4.69) is 15.9 Å². The average Bonchev–Trinajstić information content (AvgIpc) is 3.09. The van der Waals surface area contributed by atoms with Crippen LogP contribution in [0.2, 0.25) is 0 Å². The van der Waals surface area contributed by atoms with Gasteiger partial charge in [0.2, 0.25) is 5.78 Å². The number of carbonyl (C=O) groups is 2. The molecule has 0 aliphatic carbocycles. The van der Waals surface area contributed by atoms with Crippen LogP contribution in [-0.2, 0) is 14.3 Å². The molecule has 2 aliphatic heterocycles. The third-order valence-corrected chi connectivity index (χ3v) is 6.58. The van der Waals surface area contributed by atoms with Crippen molar-refractivity contribution < 1.29 is 29.1 Å². The molecule has 1 amide bonds. The van der Waals surface area contributed by atoms with Crippen LogP contribution in [0, 0.1) is 0 Å². The first-order chi connectivity index (χ1) is 16.0. The molecule has 2 aromatic carbocycles. The number of nitrogens with zero attached hydrogens (tertiary/aromatic N) is 1. The summed E-state index contributed by atoms with van der Waals surface area (Å²) in [4.78, 5) is 29.0. The Hall–Kier alpha value is -2.68. The highest BCUT2D eigenvalue weighted by Gasteiger charge is 2.44. The van der Waals surface area contributed by atoms with Gasteiger partial charge in [-0.15, -0.1) is 0 Å². The Morgan fingerprint density at radius 2 is 1.79 bits per heavy atom. The van der Waals surface area contributed by atoms with E-state index in [0.29, 0.717) is 44.2 Å². The summed E-state index contributed by atoms with van der Waals surface area (Å²) in [6.45, 7) is 6.60. The molecule has 1 atom stereocenters. The molecular weight excluding hydrogens is 488 g/mol. The third kappa shape index (κ3) is 5.13. The van der Waals surface area contributed by atoms with Crippen LogP contribution in [0.25, 0.3) is 5.76 Å².